The standard InChI is InChI=1S/C14H22N4O2S/c1-2-13-16-11(10-21-13)7-15-14(19)18-4-3-17-5-6-20-9-12(17)8-18/h10,12H,2-9H2,1H3,(H,15,19). The van der Waals surface area contributed by atoms with Gasteiger partial charge in [-0.05, 0) is 6.42 Å². The van der Waals surface area contributed by atoms with Crippen molar-refractivity contribution in [1.29, 1.82) is 0 Å². The zero-order chi connectivity index (χ0) is 14.7. The second-order valence-corrected chi connectivity index (χ2v) is 6.40. The summed E-state index contributed by atoms with van der Waals surface area (Å²) >= 11 is 1.65. The van der Waals surface area contributed by atoms with Crippen molar-refractivity contribution in [3.63, 3.8) is 0 Å². The van der Waals surface area contributed by atoms with Crippen LogP contribution in [0.4, 0.5) is 4.79 Å². The van der Waals surface area contributed by atoms with E-state index in [9.17, 15) is 4.79 Å². The summed E-state index contributed by atoms with van der Waals surface area (Å²) < 4.78 is 5.50. The lowest BCUT2D eigenvalue weighted by molar-refractivity contribution is -0.0365. The molecule has 1 aromatic rings. The molecule has 21 heavy (non-hydrogen) atoms. The van der Waals surface area contributed by atoms with Gasteiger partial charge in [-0.2, -0.15) is 0 Å². The number of piperazine rings is 1. The van der Waals surface area contributed by atoms with Crippen LogP contribution in [0.5, 0.6) is 0 Å². The highest BCUT2D eigenvalue weighted by molar-refractivity contribution is 7.09. The molecule has 1 N–H and O–H groups in total. The molecule has 2 saturated heterocycles. The predicted octanol–water partition coefficient (Wildman–Crippen LogP) is 0.931. The van der Waals surface area contributed by atoms with Crippen LogP contribution in [-0.4, -0.2) is 66.2 Å². The van der Waals surface area contributed by atoms with Crippen LogP contribution < -0.4 is 5.32 Å². The summed E-state index contributed by atoms with van der Waals surface area (Å²) in [4.78, 5) is 21.0. The minimum absolute atomic E-state index is 0.00581. The first-order valence-electron chi connectivity index (χ1n) is 7.54. The summed E-state index contributed by atoms with van der Waals surface area (Å²) in [5.74, 6) is 0. The van der Waals surface area contributed by atoms with Crippen molar-refractivity contribution < 1.29 is 9.53 Å². The maximum atomic E-state index is 12.3. The molecule has 7 heteroatoms. The summed E-state index contributed by atoms with van der Waals surface area (Å²) in [7, 11) is 0. The van der Waals surface area contributed by atoms with Crippen LogP contribution in [0.25, 0.3) is 0 Å². The first-order valence-corrected chi connectivity index (χ1v) is 8.42. The number of aryl methyl sites for hydroxylation is 1. The number of nitrogens with one attached hydrogen (secondary N) is 1. The van der Waals surface area contributed by atoms with Crippen molar-refractivity contribution in [3.05, 3.63) is 16.1 Å². The Bertz CT molecular complexity index is 493. The molecule has 3 heterocycles. The third-order valence-electron chi connectivity index (χ3n) is 4.05. The van der Waals surface area contributed by atoms with Crippen molar-refractivity contribution in [2.45, 2.75) is 25.9 Å². The van der Waals surface area contributed by atoms with E-state index >= 15 is 0 Å². The highest BCUT2D eigenvalue weighted by atomic mass is 32.1. The Morgan fingerprint density at radius 3 is 3.24 bits per heavy atom. The number of carbonyl (C=O) groups is 1. The summed E-state index contributed by atoms with van der Waals surface area (Å²) in [6.07, 6.45) is 0.947. The third kappa shape index (κ3) is 3.53. The Labute approximate surface area is 129 Å². The number of amides is 2. The van der Waals surface area contributed by atoms with Gasteiger partial charge in [0, 0.05) is 31.6 Å². The Kier molecular flexibility index (Phi) is 4.72. The van der Waals surface area contributed by atoms with Crippen LogP contribution >= 0.6 is 11.3 Å². The van der Waals surface area contributed by atoms with Crippen molar-refractivity contribution in [2.75, 3.05) is 39.4 Å². The fourth-order valence-electron chi connectivity index (χ4n) is 2.80. The molecule has 0 spiro atoms. The normalized spacial score (nSPS) is 22.9. The lowest BCUT2D eigenvalue weighted by Crippen LogP contribution is -2.60. The molecular formula is C14H22N4O2S. The number of aromatic nitrogens is 1. The van der Waals surface area contributed by atoms with Crippen molar-refractivity contribution in [3.8, 4) is 0 Å². The zero-order valence-electron chi connectivity index (χ0n) is 12.4. The van der Waals surface area contributed by atoms with E-state index < -0.39 is 0 Å². The van der Waals surface area contributed by atoms with E-state index in [2.05, 4.69) is 22.1 Å². The zero-order valence-corrected chi connectivity index (χ0v) is 13.2. The first-order chi connectivity index (χ1) is 10.3. The van der Waals surface area contributed by atoms with Gasteiger partial charge in [-0.15, -0.1) is 11.3 Å². The van der Waals surface area contributed by atoms with Gasteiger partial charge in [0.2, 0.25) is 0 Å². The number of morpholine rings is 1. The van der Waals surface area contributed by atoms with Gasteiger partial charge in [0.15, 0.2) is 0 Å². The third-order valence-corrected chi connectivity index (χ3v) is 5.09. The SMILES string of the molecule is CCc1nc(CNC(=O)N2CCN3CCOCC3C2)cs1. The first kappa shape index (κ1) is 14.7. The topological polar surface area (TPSA) is 57.7 Å². The number of thiazole rings is 1. The summed E-state index contributed by atoms with van der Waals surface area (Å²) in [6.45, 7) is 7.62. The van der Waals surface area contributed by atoms with Crippen molar-refractivity contribution in [1.82, 2.24) is 20.1 Å². The number of ether oxygens (including phenoxy) is 1. The van der Waals surface area contributed by atoms with Gasteiger partial charge < -0.3 is 15.0 Å². The lowest BCUT2D eigenvalue weighted by atomic mass is 10.1. The largest absolute Gasteiger partial charge is 0.378 e. The summed E-state index contributed by atoms with van der Waals surface area (Å²) in [6, 6.07) is 0.357. The number of nitrogens with zero attached hydrogens (tertiary/aromatic N) is 3. The number of hydrogen-bond donors (Lipinski definition) is 1. The number of rotatable bonds is 3. The van der Waals surface area contributed by atoms with Gasteiger partial charge in [0.25, 0.3) is 0 Å². The van der Waals surface area contributed by atoms with Gasteiger partial charge >= 0.3 is 6.03 Å². The molecular weight excluding hydrogens is 288 g/mol. The molecule has 116 valence electrons. The lowest BCUT2D eigenvalue weighted by Gasteiger charge is -2.43. The molecule has 2 aliphatic rings. The average molecular weight is 310 g/mol. The van der Waals surface area contributed by atoms with Crippen LogP contribution in [0.2, 0.25) is 0 Å². The molecule has 0 saturated carbocycles. The molecule has 3 rings (SSSR count). The van der Waals surface area contributed by atoms with Gasteiger partial charge in [-0.3, -0.25) is 4.90 Å². The van der Waals surface area contributed by atoms with E-state index in [4.69, 9.17) is 4.74 Å². The molecule has 2 aliphatic heterocycles. The Morgan fingerprint density at radius 1 is 1.52 bits per heavy atom. The van der Waals surface area contributed by atoms with E-state index in [0.29, 0.717) is 12.6 Å². The molecule has 6 nitrogen and oxygen atoms in total. The minimum atomic E-state index is 0.00581. The second-order valence-electron chi connectivity index (χ2n) is 5.46. The van der Waals surface area contributed by atoms with E-state index in [-0.39, 0.29) is 6.03 Å². The Morgan fingerprint density at radius 2 is 2.43 bits per heavy atom. The second kappa shape index (κ2) is 6.72. The van der Waals surface area contributed by atoms with E-state index in [1.165, 1.54) is 0 Å². The van der Waals surface area contributed by atoms with Crippen molar-refractivity contribution in [2.24, 2.45) is 0 Å². The van der Waals surface area contributed by atoms with Crippen LogP contribution in [0.1, 0.15) is 17.6 Å². The molecule has 1 atom stereocenters. The molecule has 2 fully saturated rings. The van der Waals surface area contributed by atoms with Gasteiger partial charge in [-0.25, -0.2) is 9.78 Å². The van der Waals surface area contributed by atoms with Crippen LogP contribution in [0.15, 0.2) is 5.38 Å². The smallest absolute Gasteiger partial charge is 0.317 e. The quantitative estimate of drug-likeness (QED) is 0.902. The highest BCUT2D eigenvalue weighted by Crippen LogP contribution is 2.14. The summed E-state index contributed by atoms with van der Waals surface area (Å²) in [5.41, 5.74) is 0.949. The fourth-order valence-corrected chi connectivity index (χ4v) is 3.55. The molecule has 2 amide bonds. The number of urea groups is 1. The Balaban J connectivity index is 1.49. The predicted molar refractivity (Wildman–Crippen MR) is 81.5 cm³/mol. The molecule has 1 aromatic heterocycles. The molecule has 1 unspecified atom stereocenters. The fraction of sp³-hybridized carbons (Fsp3) is 0.714. The monoisotopic (exact) mass is 310 g/mol. The average Bonchev–Trinajstić information content (AvgIpc) is 3.00. The summed E-state index contributed by atoms with van der Waals surface area (Å²) in [5, 5.41) is 6.11. The van der Waals surface area contributed by atoms with Gasteiger partial charge in [-0.1, -0.05) is 6.92 Å². The molecule has 0 radical (unpaired) electrons. The van der Waals surface area contributed by atoms with Crippen LogP contribution in [0.3, 0.4) is 0 Å². The van der Waals surface area contributed by atoms with Gasteiger partial charge in [0.1, 0.15) is 0 Å². The van der Waals surface area contributed by atoms with E-state index in [0.717, 1.165) is 56.5 Å². The van der Waals surface area contributed by atoms with Gasteiger partial charge in [0.05, 0.1) is 36.5 Å². The number of fused-ring (bicyclic) bond motifs is 1. The van der Waals surface area contributed by atoms with E-state index in [1.54, 1.807) is 11.3 Å². The van der Waals surface area contributed by atoms with Crippen LogP contribution in [0, 0.1) is 0 Å². The number of carbonyl (C=O) groups excluding carboxylic acids is 1. The molecule has 0 bridgehead atoms. The molecule has 0 aliphatic carbocycles. The van der Waals surface area contributed by atoms with Crippen molar-refractivity contribution >= 4 is 17.4 Å². The Hall–Kier alpha value is -1.18. The molecule has 0 aromatic carbocycles. The maximum absolute atomic E-state index is 12.3. The maximum Gasteiger partial charge on any atom is 0.317 e. The van der Waals surface area contributed by atoms with E-state index in [1.807, 2.05) is 10.3 Å². The minimum Gasteiger partial charge on any atom is -0.378 e. The van der Waals surface area contributed by atoms with Crippen LogP contribution in [-0.2, 0) is 17.7 Å². The number of hydrogen-bond acceptors (Lipinski definition) is 5. The highest BCUT2D eigenvalue weighted by Gasteiger charge is 2.31.